The van der Waals surface area contributed by atoms with E-state index in [0.717, 1.165) is 0 Å². The monoisotopic (exact) mass is 538 g/mol. The number of nitriles is 1. The number of phenols is 1. The highest BCUT2D eigenvalue weighted by atomic mass is 16.3. The van der Waals surface area contributed by atoms with Crippen LogP contribution in [0.2, 0.25) is 0 Å². The van der Waals surface area contributed by atoms with E-state index in [1.54, 1.807) is 12.1 Å². The summed E-state index contributed by atoms with van der Waals surface area (Å²) in [7, 11) is 2.93. The molecule has 1 fully saturated rings. The molecule has 1 aromatic rings. The third-order valence-corrected chi connectivity index (χ3v) is 8.37. The van der Waals surface area contributed by atoms with E-state index in [9.17, 15) is 35.0 Å². The average Bonchev–Trinajstić information content (AvgIpc) is 2.77. The molecule has 0 radical (unpaired) electrons. The van der Waals surface area contributed by atoms with Crippen LogP contribution in [0.5, 0.6) is 5.75 Å². The van der Waals surface area contributed by atoms with Gasteiger partial charge in [-0.2, -0.15) is 5.26 Å². The van der Waals surface area contributed by atoms with Crippen molar-refractivity contribution in [2.24, 2.45) is 28.3 Å². The highest BCUT2D eigenvalue weighted by Gasteiger charge is 2.74. The molecule has 12 heteroatoms. The Morgan fingerprint density at radius 2 is 1.79 bits per heavy atom. The number of amides is 1. The Balaban J connectivity index is 2.16. The number of benzene rings is 1. The molecule has 39 heavy (non-hydrogen) atoms. The van der Waals surface area contributed by atoms with E-state index in [1.807, 2.05) is 20.8 Å². The molecule has 0 heterocycles. The van der Waals surface area contributed by atoms with E-state index in [-0.39, 0.29) is 24.3 Å². The maximum Gasteiger partial charge on any atom is 0.255 e. The van der Waals surface area contributed by atoms with Gasteiger partial charge in [-0.15, -0.1) is 0 Å². The van der Waals surface area contributed by atoms with Gasteiger partial charge in [-0.05, 0) is 49.5 Å². The Labute approximate surface area is 225 Å². The molecule has 3 aliphatic rings. The standard InChI is InChI=1S/C27H34N6O6/c1-24(2,3)13-6-11(8-28)12-7-25(31)9-27(32)20(33(4)5)19(36)15(23(30)39)21(37)26(27,10-29)22(38)16(25)18(35)14(12)17(13)34/h6,20,34-35,37H,7-9,28,31-32H2,1-5H3,(H2,30,39)/t20-,25-,26+,27-/m1/s1. The molecule has 1 saturated carbocycles. The van der Waals surface area contributed by atoms with Gasteiger partial charge in [0, 0.05) is 12.1 Å². The van der Waals surface area contributed by atoms with Crippen molar-refractivity contribution in [1.29, 1.82) is 5.26 Å². The van der Waals surface area contributed by atoms with Crippen LogP contribution in [0.4, 0.5) is 0 Å². The summed E-state index contributed by atoms with van der Waals surface area (Å²) in [6, 6.07) is 2.02. The number of primary amides is 1. The first-order valence-electron chi connectivity index (χ1n) is 12.4. The Hall–Kier alpha value is -3.76. The zero-order valence-electron chi connectivity index (χ0n) is 22.5. The van der Waals surface area contributed by atoms with Crippen molar-refractivity contribution < 1.29 is 29.7 Å². The summed E-state index contributed by atoms with van der Waals surface area (Å²) in [5.74, 6) is -5.65. The minimum atomic E-state index is -2.70. The van der Waals surface area contributed by atoms with Gasteiger partial charge < -0.3 is 38.3 Å². The number of aliphatic hydroxyl groups excluding tert-OH is 2. The lowest BCUT2D eigenvalue weighted by Gasteiger charge is -2.58. The maximum atomic E-state index is 14.4. The molecule has 0 aliphatic heterocycles. The number of carbonyl (C=O) groups is 3. The smallest absolute Gasteiger partial charge is 0.255 e. The van der Waals surface area contributed by atoms with Crippen LogP contribution in [0.25, 0.3) is 5.76 Å². The Kier molecular flexibility index (Phi) is 6.06. The first-order valence-corrected chi connectivity index (χ1v) is 12.4. The predicted molar refractivity (Wildman–Crippen MR) is 141 cm³/mol. The molecule has 4 atom stereocenters. The number of rotatable bonds is 3. The first kappa shape index (κ1) is 28.3. The molecular formula is C27H34N6O6. The number of aromatic hydroxyl groups is 1. The fourth-order valence-corrected chi connectivity index (χ4v) is 6.73. The zero-order valence-corrected chi connectivity index (χ0v) is 22.5. The number of hydrogen-bond acceptors (Lipinski definition) is 11. The summed E-state index contributed by atoms with van der Waals surface area (Å²) in [6.07, 6.45) is -0.561. The lowest BCUT2D eigenvalue weighted by Crippen LogP contribution is -2.80. The number of nitrogens with zero attached hydrogens (tertiary/aromatic N) is 2. The Morgan fingerprint density at radius 1 is 1.21 bits per heavy atom. The molecule has 0 bridgehead atoms. The summed E-state index contributed by atoms with van der Waals surface area (Å²) in [4.78, 5) is 41.4. The van der Waals surface area contributed by atoms with Gasteiger partial charge in [0.25, 0.3) is 5.91 Å². The number of phenolic OH excluding ortho intramolecular Hbond substituents is 1. The minimum Gasteiger partial charge on any atom is -0.509 e. The van der Waals surface area contributed by atoms with Crippen LogP contribution in [-0.4, -0.2) is 68.9 Å². The SMILES string of the molecule is CN(C)[C@@H]1C(=O)C(C(N)=O)=C(O)[C@@]2(C#N)C(=O)C3=C(O)c4c(O)c(C(C)(C)C)cc(CN)c4C[C@@]3(N)C[C@@]12N. The topological polar surface area (TPSA) is 243 Å². The predicted octanol–water partition coefficient (Wildman–Crippen LogP) is -0.338. The van der Waals surface area contributed by atoms with E-state index < -0.39 is 74.5 Å². The van der Waals surface area contributed by atoms with Gasteiger partial charge in [-0.3, -0.25) is 19.3 Å². The average molecular weight is 539 g/mol. The van der Waals surface area contributed by atoms with E-state index in [4.69, 9.17) is 22.9 Å². The molecule has 4 rings (SSSR count). The van der Waals surface area contributed by atoms with E-state index in [2.05, 4.69) is 0 Å². The fraction of sp³-hybridized carbons (Fsp3) is 0.481. The zero-order chi connectivity index (χ0) is 29.6. The van der Waals surface area contributed by atoms with Crippen molar-refractivity contribution in [2.45, 2.75) is 62.7 Å². The second kappa shape index (κ2) is 8.37. The van der Waals surface area contributed by atoms with Crippen LogP contribution in [0.3, 0.4) is 0 Å². The molecule has 0 spiro atoms. The summed E-state index contributed by atoms with van der Waals surface area (Å²) in [5, 5.41) is 44.6. The number of aliphatic hydroxyl groups is 2. The molecule has 12 nitrogen and oxygen atoms in total. The van der Waals surface area contributed by atoms with Crippen LogP contribution in [-0.2, 0) is 32.8 Å². The van der Waals surface area contributed by atoms with Crippen molar-refractivity contribution in [2.75, 3.05) is 14.1 Å². The quantitative estimate of drug-likeness (QED) is 0.245. The van der Waals surface area contributed by atoms with Crippen molar-refractivity contribution in [1.82, 2.24) is 4.90 Å². The summed E-state index contributed by atoms with van der Waals surface area (Å²) in [5.41, 5.74) is 17.9. The molecule has 1 amide bonds. The van der Waals surface area contributed by atoms with E-state index in [0.29, 0.717) is 16.7 Å². The van der Waals surface area contributed by atoms with Crippen LogP contribution in [0, 0.1) is 16.7 Å². The number of nitrogens with two attached hydrogens (primary N) is 4. The van der Waals surface area contributed by atoms with Gasteiger partial charge >= 0.3 is 0 Å². The van der Waals surface area contributed by atoms with Crippen LogP contribution in [0.15, 0.2) is 23.0 Å². The van der Waals surface area contributed by atoms with Gasteiger partial charge in [0.1, 0.15) is 22.8 Å². The van der Waals surface area contributed by atoms with Gasteiger partial charge in [-0.1, -0.05) is 20.8 Å². The minimum absolute atomic E-state index is 0.0263. The number of ketones is 2. The molecule has 0 aromatic heterocycles. The van der Waals surface area contributed by atoms with E-state index in [1.165, 1.54) is 19.0 Å². The van der Waals surface area contributed by atoms with Crippen molar-refractivity contribution in [3.05, 3.63) is 45.2 Å². The van der Waals surface area contributed by atoms with Gasteiger partial charge in [0.2, 0.25) is 0 Å². The molecule has 208 valence electrons. The third kappa shape index (κ3) is 3.34. The number of fused-ring (bicyclic) bond motifs is 3. The highest BCUT2D eigenvalue weighted by molar-refractivity contribution is 6.25. The number of hydrogen-bond donors (Lipinski definition) is 7. The first-order chi connectivity index (χ1) is 17.9. The second-order valence-electron chi connectivity index (χ2n) is 12.0. The summed E-state index contributed by atoms with van der Waals surface area (Å²) in [6.45, 7) is 5.58. The molecular weight excluding hydrogens is 504 g/mol. The maximum absolute atomic E-state index is 14.4. The van der Waals surface area contributed by atoms with Crippen molar-refractivity contribution in [3.63, 3.8) is 0 Å². The van der Waals surface area contributed by atoms with Gasteiger partial charge in [-0.25, -0.2) is 0 Å². The number of Topliss-reactive ketones (excluding diaryl/α,β-unsaturated/α-hetero) is 2. The fourth-order valence-electron chi connectivity index (χ4n) is 6.73. The Bertz CT molecular complexity index is 1460. The molecule has 0 unspecified atom stereocenters. The van der Waals surface area contributed by atoms with E-state index >= 15 is 0 Å². The van der Waals surface area contributed by atoms with Crippen LogP contribution < -0.4 is 22.9 Å². The van der Waals surface area contributed by atoms with Crippen molar-refractivity contribution in [3.8, 4) is 11.8 Å². The lowest BCUT2D eigenvalue weighted by atomic mass is 9.47. The summed E-state index contributed by atoms with van der Waals surface area (Å²) >= 11 is 0. The van der Waals surface area contributed by atoms with Crippen molar-refractivity contribution >= 4 is 23.2 Å². The molecule has 11 N–H and O–H groups in total. The molecule has 1 aromatic carbocycles. The largest absolute Gasteiger partial charge is 0.509 e. The third-order valence-electron chi connectivity index (χ3n) is 8.37. The number of likely N-dealkylation sites (N-methyl/N-ethyl adjacent to an activating group) is 1. The number of carbonyl (C=O) groups excluding carboxylic acids is 3. The lowest BCUT2D eigenvalue weighted by molar-refractivity contribution is -0.139. The summed E-state index contributed by atoms with van der Waals surface area (Å²) < 4.78 is 0. The normalized spacial score (nSPS) is 30.6. The highest BCUT2D eigenvalue weighted by Crippen LogP contribution is 2.58. The molecule has 3 aliphatic carbocycles. The second-order valence-corrected chi connectivity index (χ2v) is 12.0. The Morgan fingerprint density at radius 3 is 2.26 bits per heavy atom. The van der Waals surface area contributed by atoms with Gasteiger partial charge in [0.15, 0.2) is 17.0 Å². The van der Waals surface area contributed by atoms with Crippen LogP contribution in [0.1, 0.15) is 49.4 Å². The molecule has 0 saturated heterocycles. The van der Waals surface area contributed by atoms with Gasteiger partial charge in [0.05, 0.1) is 34.3 Å². The van der Waals surface area contributed by atoms with Crippen LogP contribution >= 0.6 is 0 Å².